The van der Waals surface area contributed by atoms with Crippen molar-refractivity contribution >= 4 is 16.8 Å². The summed E-state index contributed by atoms with van der Waals surface area (Å²) in [6.07, 6.45) is 4.46. The summed E-state index contributed by atoms with van der Waals surface area (Å²) in [5, 5.41) is 0. The minimum absolute atomic E-state index is 0.237. The van der Waals surface area contributed by atoms with E-state index in [2.05, 4.69) is 23.4 Å². The van der Waals surface area contributed by atoms with Gasteiger partial charge in [0.2, 0.25) is 6.79 Å². The summed E-state index contributed by atoms with van der Waals surface area (Å²) in [7, 11) is -1.12. The number of Topliss-reactive ketones (excluding diaryl/α,β-unsaturated/α-hetero) is 1. The van der Waals surface area contributed by atoms with Gasteiger partial charge in [-0.2, -0.15) is 0 Å². The second-order valence-electron chi connectivity index (χ2n) is 10.4. The zero-order valence-corrected chi connectivity index (χ0v) is 21.4. The van der Waals surface area contributed by atoms with Crippen LogP contribution in [0.2, 0.25) is 0 Å². The molecule has 0 amide bonds. The molecule has 1 saturated heterocycles. The van der Waals surface area contributed by atoms with E-state index in [1.165, 1.54) is 6.42 Å². The molecule has 0 bridgehead atoms. The predicted molar refractivity (Wildman–Crippen MR) is 140 cm³/mol. The topological polar surface area (TPSA) is 55.8 Å². The second-order valence-corrected chi connectivity index (χ2v) is 11.8. The van der Waals surface area contributed by atoms with Gasteiger partial charge >= 0.3 is 0 Å². The first-order valence-electron chi connectivity index (χ1n) is 12.8. The second kappa shape index (κ2) is 9.49. The minimum Gasteiger partial charge on any atom is -0.454 e. The Morgan fingerprint density at radius 2 is 1.81 bits per heavy atom. The zero-order chi connectivity index (χ0) is 24.7. The van der Waals surface area contributed by atoms with Crippen LogP contribution in [0, 0.1) is 5.92 Å². The Labute approximate surface area is 215 Å². The Bertz CT molecular complexity index is 1310. The molecule has 0 N–H and O–H groups in total. The fourth-order valence-electron chi connectivity index (χ4n) is 5.47. The third-order valence-electron chi connectivity index (χ3n) is 7.74. The lowest BCUT2D eigenvalue weighted by molar-refractivity contribution is -0.120. The van der Waals surface area contributed by atoms with Gasteiger partial charge in [-0.1, -0.05) is 49.4 Å². The normalized spacial score (nSPS) is 21.2. The quantitative estimate of drug-likeness (QED) is 0.418. The average Bonchev–Trinajstić information content (AvgIpc) is 3.59. The molecular formula is C30H31NO4S. The van der Waals surface area contributed by atoms with Crippen LogP contribution in [0.15, 0.2) is 71.6 Å². The van der Waals surface area contributed by atoms with Gasteiger partial charge in [0.25, 0.3) is 0 Å². The van der Waals surface area contributed by atoms with E-state index in [1.54, 1.807) is 0 Å². The first kappa shape index (κ1) is 23.4. The Kier molecular flexibility index (Phi) is 6.18. The van der Waals surface area contributed by atoms with Gasteiger partial charge in [0.05, 0.1) is 10.3 Å². The first-order chi connectivity index (χ1) is 17.5. The van der Waals surface area contributed by atoms with Crippen molar-refractivity contribution in [1.82, 2.24) is 4.31 Å². The summed E-state index contributed by atoms with van der Waals surface area (Å²) in [5.74, 6) is 2.31. The summed E-state index contributed by atoms with van der Waals surface area (Å²) in [6, 6.07) is 22.1. The van der Waals surface area contributed by atoms with Crippen LogP contribution >= 0.6 is 0 Å². The standard InChI is InChI=1S/C30H31NO4S/c1-21-4-3-15-31(19-21)36(33)26-10-7-23(8-11-26)24-6-2-5-22(16-24)17-29(32)30(13-14-30)25-9-12-27-28(18-25)35-20-34-27/h2,5-12,16,18,21H,3-4,13-15,17,19-20H2,1H3. The highest BCUT2D eigenvalue weighted by Crippen LogP contribution is 2.51. The van der Waals surface area contributed by atoms with Gasteiger partial charge in [-0.15, -0.1) is 0 Å². The van der Waals surface area contributed by atoms with Gasteiger partial charge in [-0.05, 0) is 78.1 Å². The molecule has 1 saturated carbocycles. The first-order valence-corrected chi connectivity index (χ1v) is 13.9. The molecule has 2 unspecified atom stereocenters. The van der Waals surface area contributed by atoms with E-state index < -0.39 is 16.4 Å². The largest absolute Gasteiger partial charge is 0.454 e. The van der Waals surface area contributed by atoms with Gasteiger partial charge < -0.3 is 9.47 Å². The zero-order valence-electron chi connectivity index (χ0n) is 20.6. The van der Waals surface area contributed by atoms with E-state index in [1.807, 2.05) is 54.6 Å². The van der Waals surface area contributed by atoms with E-state index in [0.29, 0.717) is 12.3 Å². The molecule has 2 heterocycles. The van der Waals surface area contributed by atoms with E-state index in [4.69, 9.17) is 9.47 Å². The fourth-order valence-corrected chi connectivity index (χ4v) is 6.82. The maximum absolute atomic E-state index is 13.4. The highest BCUT2D eigenvalue weighted by Gasteiger charge is 2.50. The molecule has 3 aromatic rings. The van der Waals surface area contributed by atoms with Crippen molar-refractivity contribution in [3.63, 3.8) is 0 Å². The molecule has 6 heteroatoms. The highest BCUT2D eigenvalue weighted by molar-refractivity contribution is 7.82. The summed E-state index contributed by atoms with van der Waals surface area (Å²) in [4.78, 5) is 14.3. The number of carbonyl (C=O) groups excluding carboxylic acids is 1. The average molecular weight is 502 g/mol. The molecular weight excluding hydrogens is 470 g/mol. The number of carbonyl (C=O) groups is 1. The van der Waals surface area contributed by atoms with Crippen LogP contribution in [0.5, 0.6) is 11.5 Å². The molecule has 3 aromatic carbocycles. The van der Waals surface area contributed by atoms with Crippen molar-refractivity contribution in [3.8, 4) is 22.6 Å². The number of hydrogen-bond donors (Lipinski definition) is 0. The van der Waals surface area contributed by atoms with Crippen molar-refractivity contribution in [1.29, 1.82) is 0 Å². The highest BCUT2D eigenvalue weighted by atomic mass is 32.2. The molecule has 36 heavy (non-hydrogen) atoms. The maximum Gasteiger partial charge on any atom is 0.231 e. The van der Waals surface area contributed by atoms with Crippen LogP contribution in [0.4, 0.5) is 0 Å². The smallest absolute Gasteiger partial charge is 0.231 e. The SMILES string of the molecule is CC1CCCN(S(=O)c2ccc(-c3cccc(CC(=O)C4(c5ccc6c(c5)OCO6)CC4)c3)cc2)C1. The van der Waals surface area contributed by atoms with Crippen molar-refractivity contribution in [3.05, 3.63) is 77.9 Å². The van der Waals surface area contributed by atoms with Gasteiger partial charge in [0.1, 0.15) is 16.8 Å². The van der Waals surface area contributed by atoms with E-state index in [-0.39, 0.29) is 12.6 Å². The van der Waals surface area contributed by atoms with Crippen LogP contribution in [-0.2, 0) is 27.6 Å². The molecule has 6 rings (SSSR count). The molecule has 0 aromatic heterocycles. The van der Waals surface area contributed by atoms with Crippen LogP contribution in [-0.4, -0.2) is 34.2 Å². The predicted octanol–water partition coefficient (Wildman–Crippen LogP) is 5.68. The number of ketones is 1. The molecule has 1 aliphatic carbocycles. The van der Waals surface area contributed by atoms with E-state index in [0.717, 1.165) is 71.0 Å². The van der Waals surface area contributed by atoms with Crippen LogP contribution in [0.1, 0.15) is 43.7 Å². The van der Waals surface area contributed by atoms with Crippen molar-refractivity contribution in [2.45, 2.75) is 49.3 Å². The fraction of sp³-hybridized carbons (Fsp3) is 0.367. The summed E-state index contributed by atoms with van der Waals surface area (Å²) < 4.78 is 26.1. The summed E-state index contributed by atoms with van der Waals surface area (Å²) in [5.41, 5.74) is 3.76. The summed E-state index contributed by atoms with van der Waals surface area (Å²) in [6.45, 7) is 4.24. The van der Waals surface area contributed by atoms with Crippen molar-refractivity contribution < 1.29 is 18.5 Å². The number of benzene rings is 3. The van der Waals surface area contributed by atoms with Crippen molar-refractivity contribution in [2.24, 2.45) is 5.92 Å². The Hall–Kier alpha value is -2.96. The molecule has 2 atom stereocenters. The van der Waals surface area contributed by atoms with E-state index in [9.17, 15) is 9.00 Å². The van der Waals surface area contributed by atoms with Gasteiger partial charge in [-0.25, -0.2) is 8.51 Å². The molecule has 5 nitrogen and oxygen atoms in total. The third-order valence-corrected chi connectivity index (χ3v) is 9.22. The molecule has 3 aliphatic rings. The lowest BCUT2D eigenvalue weighted by atomic mass is 9.87. The van der Waals surface area contributed by atoms with Crippen molar-refractivity contribution in [2.75, 3.05) is 19.9 Å². The van der Waals surface area contributed by atoms with Gasteiger partial charge in [-0.3, -0.25) is 4.79 Å². The number of nitrogens with zero attached hydrogens (tertiary/aromatic N) is 1. The Morgan fingerprint density at radius 1 is 1.00 bits per heavy atom. The monoisotopic (exact) mass is 501 g/mol. The van der Waals surface area contributed by atoms with Gasteiger partial charge in [0.15, 0.2) is 11.5 Å². The third kappa shape index (κ3) is 4.48. The number of hydrogen-bond acceptors (Lipinski definition) is 4. The molecule has 186 valence electrons. The number of rotatable bonds is 7. The Morgan fingerprint density at radius 3 is 2.58 bits per heavy atom. The van der Waals surface area contributed by atoms with E-state index >= 15 is 0 Å². The lowest BCUT2D eigenvalue weighted by Crippen LogP contribution is -2.35. The number of fused-ring (bicyclic) bond motifs is 1. The summed E-state index contributed by atoms with van der Waals surface area (Å²) >= 11 is 0. The van der Waals surface area contributed by atoms with Gasteiger partial charge in [0, 0.05) is 19.5 Å². The lowest BCUT2D eigenvalue weighted by Gasteiger charge is -2.29. The molecule has 2 aliphatic heterocycles. The maximum atomic E-state index is 13.4. The van der Waals surface area contributed by atoms with Crippen LogP contribution in [0.3, 0.4) is 0 Å². The van der Waals surface area contributed by atoms with Crippen LogP contribution in [0.25, 0.3) is 11.1 Å². The molecule has 0 radical (unpaired) electrons. The molecule has 2 fully saturated rings. The Balaban J connectivity index is 1.16. The number of ether oxygens (including phenoxy) is 2. The van der Waals surface area contributed by atoms with Crippen LogP contribution < -0.4 is 9.47 Å². The minimum atomic E-state index is -1.12. The number of piperidine rings is 1. The molecule has 0 spiro atoms.